The van der Waals surface area contributed by atoms with Gasteiger partial charge in [0.1, 0.15) is 0 Å². The van der Waals surface area contributed by atoms with Gasteiger partial charge in [0.25, 0.3) is 0 Å². The van der Waals surface area contributed by atoms with E-state index < -0.39 is 0 Å². The molecule has 0 spiro atoms. The first kappa shape index (κ1) is 14.8. The van der Waals surface area contributed by atoms with Crippen molar-refractivity contribution in [1.82, 2.24) is 9.80 Å². The normalized spacial score (nSPS) is 34.2. The summed E-state index contributed by atoms with van der Waals surface area (Å²) in [4.78, 5) is 28.9. The third-order valence-electron chi connectivity index (χ3n) is 5.55. The lowest BCUT2D eigenvalue weighted by atomic mass is 10.1. The van der Waals surface area contributed by atoms with Gasteiger partial charge in [-0.15, -0.1) is 0 Å². The van der Waals surface area contributed by atoms with Crippen LogP contribution < -0.4 is 5.73 Å². The highest BCUT2D eigenvalue weighted by Gasteiger charge is 2.42. The number of rotatable bonds is 3. The van der Waals surface area contributed by atoms with Gasteiger partial charge in [0, 0.05) is 31.6 Å². The van der Waals surface area contributed by atoms with E-state index >= 15 is 0 Å². The van der Waals surface area contributed by atoms with Gasteiger partial charge < -0.3 is 15.5 Å². The van der Waals surface area contributed by atoms with Crippen molar-refractivity contribution in [2.24, 2.45) is 17.6 Å². The van der Waals surface area contributed by atoms with E-state index in [4.69, 9.17) is 5.73 Å². The Morgan fingerprint density at radius 1 is 1.29 bits per heavy atom. The molecule has 0 aromatic heterocycles. The molecule has 0 radical (unpaired) electrons. The van der Waals surface area contributed by atoms with Crippen molar-refractivity contribution in [3.63, 3.8) is 0 Å². The number of hydrogen-bond acceptors (Lipinski definition) is 3. The van der Waals surface area contributed by atoms with E-state index in [-0.39, 0.29) is 23.8 Å². The van der Waals surface area contributed by atoms with Gasteiger partial charge in [0.2, 0.25) is 11.8 Å². The Labute approximate surface area is 126 Å². The molecular weight excluding hydrogens is 266 g/mol. The largest absolute Gasteiger partial charge is 0.339 e. The van der Waals surface area contributed by atoms with Gasteiger partial charge >= 0.3 is 0 Å². The number of hydrogen-bond donors (Lipinski definition) is 1. The molecule has 0 aromatic rings. The molecule has 0 aromatic carbocycles. The lowest BCUT2D eigenvalue weighted by Gasteiger charge is -2.26. The molecule has 0 bridgehead atoms. The van der Waals surface area contributed by atoms with Crippen LogP contribution in [0.5, 0.6) is 0 Å². The SMILES string of the molecule is CC1CC(CN)CN1C(=O)C1CC(=O)N(C2CCCC2)C1. The third-order valence-corrected chi connectivity index (χ3v) is 5.55. The van der Waals surface area contributed by atoms with Gasteiger partial charge in [-0.05, 0) is 38.6 Å². The standard InChI is InChI=1S/C16H27N3O2/c1-11-6-12(8-17)9-18(11)16(21)13-7-15(20)19(10-13)14-4-2-3-5-14/h11-14H,2-10,17H2,1H3. The Bertz CT molecular complexity index is 420. The van der Waals surface area contributed by atoms with Gasteiger partial charge in [-0.2, -0.15) is 0 Å². The molecule has 2 aliphatic heterocycles. The number of nitrogens with two attached hydrogens (primary N) is 1. The molecule has 3 unspecified atom stereocenters. The van der Waals surface area contributed by atoms with E-state index in [1.54, 1.807) is 0 Å². The van der Waals surface area contributed by atoms with Crippen LogP contribution in [0.15, 0.2) is 0 Å². The van der Waals surface area contributed by atoms with Crippen LogP contribution in [-0.2, 0) is 9.59 Å². The van der Waals surface area contributed by atoms with Crippen molar-refractivity contribution in [1.29, 1.82) is 0 Å². The first-order valence-corrected chi connectivity index (χ1v) is 8.40. The summed E-state index contributed by atoms with van der Waals surface area (Å²) in [6.07, 6.45) is 6.06. The smallest absolute Gasteiger partial charge is 0.228 e. The van der Waals surface area contributed by atoms with Crippen LogP contribution in [0.4, 0.5) is 0 Å². The molecular formula is C16H27N3O2. The minimum atomic E-state index is -0.128. The van der Waals surface area contributed by atoms with Crippen LogP contribution in [0, 0.1) is 11.8 Å². The minimum absolute atomic E-state index is 0.128. The number of likely N-dealkylation sites (tertiary alicyclic amines) is 2. The summed E-state index contributed by atoms with van der Waals surface area (Å²) >= 11 is 0. The predicted molar refractivity (Wildman–Crippen MR) is 80.4 cm³/mol. The molecule has 1 saturated carbocycles. The summed E-state index contributed by atoms with van der Waals surface area (Å²) in [5.74, 6) is 0.652. The molecule has 2 N–H and O–H groups in total. The fraction of sp³-hybridized carbons (Fsp3) is 0.875. The lowest BCUT2D eigenvalue weighted by molar-refractivity contribution is -0.136. The average molecular weight is 293 g/mol. The fourth-order valence-corrected chi connectivity index (χ4v) is 4.32. The Morgan fingerprint density at radius 2 is 2.00 bits per heavy atom. The lowest BCUT2D eigenvalue weighted by Crippen LogP contribution is -2.41. The second-order valence-electron chi connectivity index (χ2n) is 7.06. The van der Waals surface area contributed by atoms with E-state index in [2.05, 4.69) is 6.92 Å². The Morgan fingerprint density at radius 3 is 2.62 bits per heavy atom. The molecule has 21 heavy (non-hydrogen) atoms. The monoisotopic (exact) mass is 293 g/mol. The van der Waals surface area contributed by atoms with Gasteiger partial charge in [0.05, 0.1) is 5.92 Å². The number of carbonyl (C=O) groups excluding carboxylic acids is 2. The summed E-state index contributed by atoms with van der Waals surface area (Å²) in [6, 6.07) is 0.657. The molecule has 2 heterocycles. The van der Waals surface area contributed by atoms with Crippen LogP contribution in [0.3, 0.4) is 0 Å². The topological polar surface area (TPSA) is 66.6 Å². The summed E-state index contributed by atoms with van der Waals surface area (Å²) in [5.41, 5.74) is 5.74. The number of amides is 2. The number of nitrogens with zero attached hydrogens (tertiary/aromatic N) is 2. The highest BCUT2D eigenvalue weighted by Crippen LogP contribution is 2.32. The zero-order chi connectivity index (χ0) is 15.0. The Hall–Kier alpha value is -1.10. The van der Waals surface area contributed by atoms with Gasteiger partial charge in [-0.1, -0.05) is 12.8 Å². The molecule has 3 aliphatic rings. The fourth-order valence-electron chi connectivity index (χ4n) is 4.32. The maximum absolute atomic E-state index is 12.7. The van der Waals surface area contributed by atoms with Crippen LogP contribution in [-0.4, -0.2) is 53.3 Å². The van der Waals surface area contributed by atoms with Crippen molar-refractivity contribution >= 4 is 11.8 Å². The van der Waals surface area contributed by atoms with Gasteiger partial charge in [-0.25, -0.2) is 0 Å². The van der Waals surface area contributed by atoms with Crippen molar-refractivity contribution < 1.29 is 9.59 Å². The molecule has 2 saturated heterocycles. The first-order chi connectivity index (χ1) is 10.1. The summed E-state index contributed by atoms with van der Waals surface area (Å²) in [6.45, 7) is 4.15. The van der Waals surface area contributed by atoms with Crippen LogP contribution in [0.2, 0.25) is 0 Å². The summed E-state index contributed by atoms with van der Waals surface area (Å²) in [5, 5.41) is 0. The first-order valence-electron chi connectivity index (χ1n) is 8.40. The van der Waals surface area contributed by atoms with E-state index in [1.807, 2.05) is 9.80 Å². The molecule has 5 heteroatoms. The molecule has 3 atom stereocenters. The highest BCUT2D eigenvalue weighted by molar-refractivity contribution is 5.89. The van der Waals surface area contributed by atoms with Crippen LogP contribution in [0.25, 0.3) is 0 Å². The van der Waals surface area contributed by atoms with Gasteiger partial charge in [-0.3, -0.25) is 9.59 Å². The van der Waals surface area contributed by atoms with E-state index in [0.29, 0.717) is 31.5 Å². The van der Waals surface area contributed by atoms with Crippen molar-refractivity contribution in [2.75, 3.05) is 19.6 Å². The van der Waals surface area contributed by atoms with Crippen molar-refractivity contribution in [3.8, 4) is 0 Å². The second-order valence-corrected chi connectivity index (χ2v) is 7.06. The van der Waals surface area contributed by atoms with Gasteiger partial charge in [0.15, 0.2) is 0 Å². The molecule has 3 rings (SSSR count). The van der Waals surface area contributed by atoms with Crippen LogP contribution in [0.1, 0.15) is 45.4 Å². The maximum Gasteiger partial charge on any atom is 0.228 e. The summed E-state index contributed by atoms with van der Waals surface area (Å²) in [7, 11) is 0. The highest BCUT2D eigenvalue weighted by atomic mass is 16.2. The molecule has 118 valence electrons. The predicted octanol–water partition coefficient (Wildman–Crippen LogP) is 0.973. The number of carbonyl (C=O) groups is 2. The zero-order valence-electron chi connectivity index (χ0n) is 13.0. The van der Waals surface area contributed by atoms with E-state index in [9.17, 15) is 9.59 Å². The molecule has 2 amide bonds. The van der Waals surface area contributed by atoms with E-state index in [1.165, 1.54) is 12.8 Å². The third kappa shape index (κ3) is 2.80. The molecule has 3 fully saturated rings. The Kier molecular flexibility index (Phi) is 4.20. The molecule has 1 aliphatic carbocycles. The quantitative estimate of drug-likeness (QED) is 0.843. The Balaban J connectivity index is 1.62. The van der Waals surface area contributed by atoms with Crippen molar-refractivity contribution in [3.05, 3.63) is 0 Å². The summed E-state index contributed by atoms with van der Waals surface area (Å²) < 4.78 is 0. The maximum atomic E-state index is 12.7. The average Bonchev–Trinajstić information content (AvgIpc) is 3.16. The zero-order valence-corrected chi connectivity index (χ0v) is 13.0. The van der Waals surface area contributed by atoms with Crippen molar-refractivity contribution in [2.45, 2.75) is 57.5 Å². The molecule has 5 nitrogen and oxygen atoms in total. The second kappa shape index (κ2) is 5.95. The minimum Gasteiger partial charge on any atom is -0.339 e. The van der Waals surface area contributed by atoms with Crippen LogP contribution >= 0.6 is 0 Å². The van der Waals surface area contributed by atoms with E-state index in [0.717, 1.165) is 25.8 Å².